The van der Waals surface area contributed by atoms with Gasteiger partial charge < -0.3 is 5.32 Å². The number of H-pyrrole nitrogens is 1. The summed E-state index contributed by atoms with van der Waals surface area (Å²) in [6.07, 6.45) is 2.33. The van der Waals surface area contributed by atoms with Crippen molar-refractivity contribution in [3.63, 3.8) is 0 Å². The summed E-state index contributed by atoms with van der Waals surface area (Å²) >= 11 is 6.02. The van der Waals surface area contributed by atoms with Gasteiger partial charge in [0.25, 0.3) is 5.91 Å². The summed E-state index contributed by atoms with van der Waals surface area (Å²) in [7, 11) is 0. The molecule has 0 saturated carbocycles. The fourth-order valence-electron chi connectivity index (χ4n) is 3.14. The molecule has 2 N–H and O–H groups in total. The van der Waals surface area contributed by atoms with Crippen molar-refractivity contribution in [2.45, 2.75) is 19.9 Å². The van der Waals surface area contributed by atoms with E-state index in [9.17, 15) is 4.79 Å². The Hall–Kier alpha value is -3.45. The van der Waals surface area contributed by atoms with E-state index in [0.717, 1.165) is 17.0 Å². The van der Waals surface area contributed by atoms with Crippen molar-refractivity contribution in [1.29, 1.82) is 0 Å². The third-order valence-electron chi connectivity index (χ3n) is 4.59. The highest BCUT2D eigenvalue weighted by Crippen LogP contribution is 2.24. The number of aryl methyl sites for hydroxylation is 1. The number of amides is 1. The SMILES string of the molecule is Cc1nc(CCNC(=O)c2cn(Cc3ccccc3)nc2-c2ccc(Cl)cc2)n[nH]1. The van der Waals surface area contributed by atoms with Crippen LogP contribution in [0.15, 0.2) is 60.8 Å². The van der Waals surface area contributed by atoms with Crippen LogP contribution in [0.2, 0.25) is 5.02 Å². The highest BCUT2D eigenvalue weighted by Gasteiger charge is 2.18. The molecular formula is C22H21ClN6O. The maximum Gasteiger partial charge on any atom is 0.255 e. The van der Waals surface area contributed by atoms with E-state index in [2.05, 4.69) is 25.6 Å². The summed E-state index contributed by atoms with van der Waals surface area (Å²) in [6.45, 7) is 2.85. The number of carbonyl (C=O) groups excluding carboxylic acids is 1. The summed E-state index contributed by atoms with van der Waals surface area (Å²) in [5, 5.41) is 15.2. The number of nitrogens with one attached hydrogen (secondary N) is 2. The second-order valence-electron chi connectivity index (χ2n) is 6.92. The molecule has 0 aliphatic carbocycles. The molecule has 0 fully saturated rings. The molecule has 4 rings (SSSR count). The van der Waals surface area contributed by atoms with Crippen LogP contribution in [-0.2, 0) is 13.0 Å². The van der Waals surface area contributed by atoms with Crippen LogP contribution >= 0.6 is 11.6 Å². The van der Waals surface area contributed by atoms with Crippen molar-refractivity contribution in [3.05, 3.63) is 88.6 Å². The standard InChI is InChI=1S/C22H21ClN6O/c1-15-25-20(27-26-15)11-12-24-22(30)19-14-29(13-16-5-3-2-4-6-16)28-21(19)17-7-9-18(23)10-8-17/h2-10,14H,11-13H2,1H3,(H,24,30)(H,25,26,27). The number of aromatic amines is 1. The Balaban J connectivity index is 1.55. The molecule has 2 aromatic carbocycles. The molecule has 0 aliphatic rings. The highest BCUT2D eigenvalue weighted by atomic mass is 35.5. The van der Waals surface area contributed by atoms with E-state index in [1.54, 1.807) is 23.0 Å². The van der Waals surface area contributed by atoms with Crippen LogP contribution in [0, 0.1) is 6.92 Å². The molecule has 0 spiro atoms. The topological polar surface area (TPSA) is 88.5 Å². The Kier molecular flexibility index (Phi) is 5.90. The zero-order valence-corrected chi connectivity index (χ0v) is 17.2. The molecule has 152 valence electrons. The molecular weight excluding hydrogens is 400 g/mol. The van der Waals surface area contributed by atoms with Crippen molar-refractivity contribution in [1.82, 2.24) is 30.3 Å². The number of carbonyl (C=O) groups is 1. The zero-order valence-electron chi connectivity index (χ0n) is 16.5. The average Bonchev–Trinajstić information content (AvgIpc) is 3.35. The molecule has 0 bridgehead atoms. The van der Waals surface area contributed by atoms with E-state index in [0.29, 0.717) is 41.6 Å². The number of hydrogen-bond donors (Lipinski definition) is 2. The lowest BCUT2D eigenvalue weighted by Crippen LogP contribution is -2.26. The Bertz CT molecular complexity index is 1130. The smallest absolute Gasteiger partial charge is 0.255 e. The summed E-state index contributed by atoms with van der Waals surface area (Å²) in [5.41, 5.74) is 3.07. The Morgan fingerprint density at radius 1 is 1.13 bits per heavy atom. The quantitative estimate of drug-likeness (QED) is 0.477. The van der Waals surface area contributed by atoms with Crippen molar-refractivity contribution in [2.24, 2.45) is 0 Å². The molecule has 0 radical (unpaired) electrons. The van der Waals surface area contributed by atoms with Crippen LogP contribution in [-0.4, -0.2) is 37.4 Å². The predicted molar refractivity (Wildman–Crippen MR) is 115 cm³/mol. The number of hydrogen-bond acceptors (Lipinski definition) is 4. The van der Waals surface area contributed by atoms with Gasteiger partial charge in [0, 0.05) is 29.7 Å². The van der Waals surface area contributed by atoms with Gasteiger partial charge in [0.05, 0.1) is 12.1 Å². The van der Waals surface area contributed by atoms with Gasteiger partial charge in [-0.2, -0.15) is 10.2 Å². The lowest BCUT2D eigenvalue weighted by atomic mass is 10.1. The van der Waals surface area contributed by atoms with Crippen LogP contribution in [0.5, 0.6) is 0 Å². The minimum atomic E-state index is -0.188. The van der Waals surface area contributed by atoms with E-state index in [1.807, 2.05) is 49.4 Å². The maximum atomic E-state index is 12.9. The Morgan fingerprint density at radius 3 is 2.60 bits per heavy atom. The van der Waals surface area contributed by atoms with Crippen LogP contribution in [0.3, 0.4) is 0 Å². The largest absolute Gasteiger partial charge is 0.351 e. The van der Waals surface area contributed by atoms with Gasteiger partial charge in [-0.1, -0.05) is 54.1 Å². The molecule has 0 unspecified atom stereocenters. The lowest BCUT2D eigenvalue weighted by Gasteiger charge is -2.04. The van der Waals surface area contributed by atoms with E-state index in [4.69, 9.17) is 11.6 Å². The number of benzene rings is 2. The number of nitrogens with zero attached hydrogens (tertiary/aromatic N) is 4. The molecule has 0 aliphatic heterocycles. The zero-order chi connectivity index (χ0) is 20.9. The van der Waals surface area contributed by atoms with E-state index in [1.165, 1.54) is 0 Å². The normalized spacial score (nSPS) is 10.9. The van der Waals surface area contributed by atoms with Crippen LogP contribution in [0.4, 0.5) is 0 Å². The highest BCUT2D eigenvalue weighted by molar-refractivity contribution is 6.30. The van der Waals surface area contributed by atoms with Gasteiger partial charge in [-0.25, -0.2) is 4.98 Å². The first kappa shape index (κ1) is 19.8. The van der Waals surface area contributed by atoms with Crippen molar-refractivity contribution >= 4 is 17.5 Å². The third kappa shape index (κ3) is 4.75. The van der Waals surface area contributed by atoms with Gasteiger partial charge in [0.1, 0.15) is 11.5 Å². The predicted octanol–water partition coefficient (Wildman–Crippen LogP) is 3.65. The monoisotopic (exact) mass is 420 g/mol. The third-order valence-corrected chi connectivity index (χ3v) is 4.84. The summed E-state index contributed by atoms with van der Waals surface area (Å²) in [4.78, 5) is 17.2. The second kappa shape index (κ2) is 8.92. The van der Waals surface area contributed by atoms with Crippen LogP contribution < -0.4 is 5.32 Å². The molecule has 8 heteroatoms. The van der Waals surface area contributed by atoms with Gasteiger partial charge >= 0.3 is 0 Å². The molecule has 2 heterocycles. The van der Waals surface area contributed by atoms with Gasteiger partial charge in [0.15, 0.2) is 5.82 Å². The Morgan fingerprint density at radius 2 is 1.90 bits per heavy atom. The van der Waals surface area contributed by atoms with Crippen LogP contribution in [0.25, 0.3) is 11.3 Å². The Labute approximate surface area is 179 Å². The molecule has 7 nitrogen and oxygen atoms in total. The van der Waals surface area contributed by atoms with E-state index >= 15 is 0 Å². The summed E-state index contributed by atoms with van der Waals surface area (Å²) in [6, 6.07) is 17.3. The maximum absolute atomic E-state index is 12.9. The fraction of sp³-hybridized carbons (Fsp3) is 0.182. The van der Waals surface area contributed by atoms with Crippen molar-refractivity contribution in [3.8, 4) is 11.3 Å². The fourth-order valence-corrected chi connectivity index (χ4v) is 3.27. The van der Waals surface area contributed by atoms with Crippen LogP contribution in [0.1, 0.15) is 27.6 Å². The summed E-state index contributed by atoms with van der Waals surface area (Å²) < 4.78 is 1.78. The van der Waals surface area contributed by atoms with Gasteiger partial charge in [-0.05, 0) is 24.6 Å². The first-order valence-corrected chi connectivity index (χ1v) is 9.99. The first-order chi connectivity index (χ1) is 14.6. The second-order valence-corrected chi connectivity index (χ2v) is 7.36. The molecule has 0 atom stereocenters. The number of aromatic nitrogens is 5. The van der Waals surface area contributed by atoms with E-state index in [-0.39, 0.29) is 5.91 Å². The lowest BCUT2D eigenvalue weighted by molar-refractivity contribution is 0.0954. The molecule has 2 aromatic heterocycles. The van der Waals surface area contributed by atoms with Gasteiger partial charge in [0.2, 0.25) is 0 Å². The van der Waals surface area contributed by atoms with Gasteiger partial charge in [-0.3, -0.25) is 14.6 Å². The molecule has 1 amide bonds. The van der Waals surface area contributed by atoms with Crippen molar-refractivity contribution < 1.29 is 4.79 Å². The first-order valence-electron chi connectivity index (χ1n) is 9.62. The molecule has 4 aromatic rings. The minimum Gasteiger partial charge on any atom is -0.351 e. The molecule has 30 heavy (non-hydrogen) atoms. The number of halogens is 1. The van der Waals surface area contributed by atoms with Gasteiger partial charge in [-0.15, -0.1) is 0 Å². The van der Waals surface area contributed by atoms with Crippen molar-refractivity contribution in [2.75, 3.05) is 6.54 Å². The number of rotatable bonds is 7. The minimum absolute atomic E-state index is 0.188. The average molecular weight is 421 g/mol. The summed E-state index contributed by atoms with van der Waals surface area (Å²) in [5.74, 6) is 1.24. The molecule has 0 saturated heterocycles. The van der Waals surface area contributed by atoms with E-state index < -0.39 is 0 Å².